The minimum Gasteiger partial charge on any atom is -0.324 e. The van der Waals surface area contributed by atoms with E-state index in [9.17, 15) is 0 Å². The number of para-hydroxylation sites is 2. The lowest BCUT2D eigenvalue weighted by Crippen LogP contribution is -2.02. The highest BCUT2D eigenvalue weighted by atomic mass is 15.1. The van der Waals surface area contributed by atoms with Crippen molar-refractivity contribution in [3.8, 4) is 34.2 Å². The third-order valence-corrected chi connectivity index (χ3v) is 5.33. The summed E-state index contributed by atoms with van der Waals surface area (Å²) >= 11 is 0. The highest BCUT2D eigenvalue weighted by molar-refractivity contribution is 5.82. The van der Waals surface area contributed by atoms with Crippen LogP contribution in [-0.2, 0) is 6.54 Å². The van der Waals surface area contributed by atoms with Crippen molar-refractivity contribution in [3.05, 3.63) is 85.2 Å². The van der Waals surface area contributed by atoms with Crippen molar-refractivity contribution >= 4 is 11.0 Å². The molecule has 0 bridgehead atoms. The molecule has 5 nitrogen and oxygen atoms in total. The molecule has 5 aromatic rings. The van der Waals surface area contributed by atoms with Gasteiger partial charge >= 0.3 is 0 Å². The molecule has 152 valence electrons. The zero-order valence-corrected chi connectivity index (χ0v) is 17.4. The standard InChI is InChI=1S/C26H23N5/c1-2-3-16-31-25-13-5-4-12-22(25)30-26(31)19-17-23(20-10-6-8-14-27-20)29-24(18-19)21-11-7-9-15-28-21/h4-15,17-18H,2-3,16H2,1H3. The first-order chi connectivity index (χ1) is 15.3. The summed E-state index contributed by atoms with van der Waals surface area (Å²) in [6.07, 6.45) is 5.81. The van der Waals surface area contributed by atoms with Crippen LogP contribution >= 0.6 is 0 Å². The first kappa shape index (κ1) is 19.1. The largest absolute Gasteiger partial charge is 0.324 e. The van der Waals surface area contributed by atoms with Crippen molar-refractivity contribution < 1.29 is 0 Å². The average Bonchev–Trinajstić information content (AvgIpc) is 3.22. The molecule has 0 aliphatic rings. The fourth-order valence-corrected chi connectivity index (χ4v) is 3.79. The highest BCUT2D eigenvalue weighted by Crippen LogP contribution is 2.31. The molecule has 0 atom stereocenters. The molecule has 4 heterocycles. The Balaban J connectivity index is 1.74. The molecule has 0 aliphatic heterocycles. The molecule has 0 fully saturated rings. The van der Waals surface area contributed by atoms with Crippen molar-refractivity contribution in [2.45, 2.75) is 26.3 Å². The van der Waals surface area contributed by atoms with Crippen molar-refractivity contribution in [2.75, 3.05) is 0 Å². The van der Waals surface area contributed by atoms with Gasteiger partial charge in [-0.3, -0.25) is 9.97 Å². The van der Waals surface area contributed by atoms with Gasteiger partial charge in [0.05, 0.1) is 33.8 Å². The zero-order chi connectivity index (χ0) is 21.0. The monoisotopic (exact) mass is 405 g/mol. The molecule has 5 rings (SSSR count). The summed E-state index contributed by atoms with van der Waals surface area (Å²) in [5, 5.41) is 0. The van der Waals surface area contributed by atoms with E-state index in [0.29, 0.717) is 0 Å². The molecule has 0 aliphatic carbocycles. The van der Waals surface area contributed by atoms with Gasteiger partial charge in [0.15, 0.2) is 0 Å². The number of benzene rings is 1. The number of hydrogen-bond acceptors (Lipinski definition) is 4. The second kappa shape index (κ2) is 8.48. The van der Waals surface area contributed by atoms with Crippen molar-refractivity contribution in [3.63, 3.8) is 0 Å². The quantitative estimate of drug-likeness (QED) is 0.346. The summed E-state index contributed by atoms with van der Waals surface area (Å²) < 4.78 is 2.32. The smallest absolute Gasteiger partial charge is 0.141 e. The van der Waals surface area contributed by atoms with E-state index in [1.165, 1.54) is 0 Å². The summed E-state index contributed by atoms with van der Waals surface area (Å²) in [6.45, 7) is 3.14. The van der Waals surface area contributed by atoms with Gasteiger partial charge < -0.3 is 4.57 Å². The number of nitrogens with zero attached hydrogens (tertiary/aromatic N) is 5. The first-order valence-electron chi connectivity index (χ1n) is 10.6. The Morgan fingerprint density at radius 3 is 1.97 bits per heavy atom. The lowest BCUT2D eigenvalue weighted by Gasteiger charge is -2.12. The van der Waals surface area contributed by atoms with Crippen LogP contribution in [0.4, 0.5) is 0 Å². The van der Waals surface area contributed by atoms with E-state index in [1.54, 1.807) is 12.4 Å². The first-order valence-corrected chi connectivity index (χ1v) is 10.6. The summed E-state index contributed by atoms with van der Waals surface area (Å²) in [5.41, 5.74) is 6.46. The van der Waals surface area contributed by atoms with Gasteiger partial charge in [-0.2, -0.15) is 0 Å². The Morgan fingerprint density at radius 1 is 0.710 bits per heavy atom. The van der Waals surface area contributed by atoms with Crippen LogP contribution in [0, 0.1) is 0 Å². The van der Waals surface area contributed by atoms with Gasteiger partial charge in [0.2, 0.25) is 0 Å². The highest BCUT2D eigenvalue weighted by Gasteiger charge is 2.16. The molecule has 0 saturated carbocycles. The van der Waals surface area contributed by atoms with Crippen LogP contribution in [0.1, 0.15) is 19.8 Å². The Morgan fingerprint density at radius 2 is 1.35 bits per heavy atom. The van der Waals surface area contributed by atoms with Crippen LogP contribution in [0.3, 0.4) is 0 Å². The molecule has 31 heavy (non-hydrogen) atoms. The summed E-state index contributed by atoms with van der Waals surface area (Å²) in [4.78, 5) is 18.9. The minimum absolute atomic E-state index is 0.813. The second-order valence-corrected chi connectivity index (χ2v) is 7.49. The van der Waals surface area contributed by atoms with E-state index in [-0.39, 0.29) is 0 Å². The van der Waals surface area contributed by atoms with Crippen LogP contribution in [0.2, 0.25) is 0 Å². The maximum absolute atomic E-state index is 5.00. The third-order valence-electron chi connectivity index (χ3n) is 5.33. The van der Waals surface area contributed by atoms with Gasteiger partial charge in [-0.15, -0.1) is 0 Å². The normalized spacial score (nSPS) is 11.1. The van der Waals surface area contributed by atoms with Gasteiger partial charge in [0, 0.05) is 24.5 Å². The van der Waals surface area contributed by atoms with Gasteiger partial charge in [-0.05, 0) is 55.0 Å². The molecule has 0 spiro atoms. The molecule has 5 heteroatoms. The van der Waals surface area contributed by atoms with Gasteiger partial charge in [-0.1, -0.05) is 37.6 Å². The topological polar surface area (TPSA) is 56.5 Å². The van der Waals surface area contributed by atoms with Gasteiger partial charge in [0.25, 0.3) is 0 Å². The summed E-state index contributed by atoms with van der Waals surface area (Å²) in [6, 6.07) is 24.2. The van der Waals surface area contributed by atoms with Crippen molar-refractivity contribution in [1.29, 1.82) is 0 Å². The SMILES string of the molecule is CCCCn1c(-c2cc(-c3ccccn3)nc(-c3ccccn3)c2)nc2ccccc21. The summed E-state index contributed by atoms with van der Waals surface area (Å²) in [7, 11) is 0. The molecule has 1 aromatic carbocycles. The Hall–Kier alpha value is -3.86. The molecule has 0 N–H and O–H groups in total. The van der Waals surface area contributed by atoms with Gasteiger partial charge in [-0.25, -0.2) is 9.97 Å². The molecule has 0 radical (unpaired) electrons. The maximum Gasteiger partial charge on any atom is 0.141 e. The van der Waals surface area contributed by atoms with Crippen LogP contribution in [0.25, 0.3) is 45.2 Å². The Labute approximate surface area is 181 Å². The lowest BCUT2D eigenvalue weighted by atomic mass is 10.1. The van der Waals surface area contributed by atoms with E-state index in [4.69, 9.17) is 9.97 Å². The number of unbranched alkanes of at least 4 members (excludes halogenated alkanes) is 1. The number of aryl methyl sites for hydroxylation is 1. The second-order valence-electron chi connectivity index (χ2n) is 7.49. The van der Waals surface area contributed by atoms with E-state index in [2.05, 4.69) is 51.8 Å². The third kappa shape index (κ3) is 3.82. The number of fused-ring (bicyclic) bond motifs is 1. The van der Waals surface area contributed by atoms with Crippen LogP contribution in [0.5, 0.6) is 0 Å². The molecule has 0 unspecified atom stereocenters. The zero-order valence-electron chi connectivity index (χ0n) is 17.4. The predicted octanol–water partition coefficient (Wildman–Crippen LogP) is 6.02. The predicted molar refractivity (Wildman–Crippen MR) is 124 cm³/mol. The average molecular weight is 406 g/mol. The van der Waals surface area contributed by atoms with Crippen LogP contribution in [0.15, 0.2) is 85.2 Å². The van der Waals surface area contributed by atoms with E-state index in [1.807, 2.05) is 42.5 Å². The maximum atomic E-state index is 5.00. The lowest BCUT2D eigenvalue weighted by molar-refractivity contribution is 0.651. The molecule has 0 saturated heterocycles. The number of pyridine rings is 3. The van der Waals surface area contributed by atoms with Crippen LogP contribution < -0.4 is 0 Å². The fourth-order valence-electron chi connectivity index (χ4n) is 3.79. The molecule has 0 amide bonds. The van der Waals surface area contributed by atoms with Crippen molar-refractivity contribution in [1.82, 2.24) is 24.5 Å². The van der Waals surface area contributed by atoms with E-state index in [0.717, 1.165) is 64.6 Å². The fraction of sp³-hybridized carbons (Fsp3) is 0.154. The number of imidazole rings is 1. The van der Waals surface area contributed by atoms with Crippen molar-refractivity contribution in [2.24, 2.45) is 0 Å². The Kier molecular flexibility index (Phi) is 5.23. The van der Waals surface area contributed by atoms with Crippen LogP contribution in [-0.4, -0.2) is 24.5 Å². The van der Waals surface area contributed by atoms with E-state index >= 15 is 0 Å². The Bertz CT molecular complexity index is 1250. The molecular weight excluding hydrogens is 382 g/mol. The molecular formula is C26H23N5. The minimum atomic E-state index is 0.813. The number of rotatable bonds is 6. The summed E-state index contributed by atoms with van der Waals surface area (Å²) in [5.74, 6) is 0.950. The van der Waals surface area contributed by atoms with E-state index < -0.39 is 0 Å². The number of hydrogen-bond donors (Lipinski definition) is 0. The molecule has 4 aromatic heterocycles. The van der Waals surface area contributed by atoms with Gasteiger partial charge in [0.1, 0.15) is 5.82 Å². The number of aromatic nitrogens is 5.